The molecule has 1 saturated heterocycles. The number of amides is 2. The van der Waals surface area contributed by atoms with Crippen LogP contribution in [0.4, 0.5) is 0 Å². The molecule has 23 heavy (non-hydrogen) atoms. The Morgan fingerprint density at radius 2 is 1.74 bits per heavy atom. The molecule has 0 aromatic heterocycles. The van der Waals surface area contributed by atoms with Gasteiger partial charge in [0.1, 0.15) is 6.04 Å². The van der Waals surface area contributed by atoms with E-state index in [-0.39, 0.29) is 17.9 Å². The highest BCUT2D eigenvalue weighted by molar-refractivity contribution is 6.31. The van der Waals surface area contributed by atoms with Crippen LogP contribution >= 0.6 is 11.6 Å². The maximum absolute atomic E-state index is 12.3. The number of nitrogens with zero attached hydrogens (tertiary/aromatic N) is 2. The second-order valence-electron chi connectivity index (χ2n) is 5.98. The van der Waals surface area contributed by atoms with Crippen molar-refractivity contribution in [3.05, 3.63) is 34.9 Å². The summed E-state index contributed by atoms with van der Waals surface area (Å²) in [6.07, 6.45) is 0. The normalized spacial score (nSPS) is 18.3. The van der Waals surface area contributed by atoms with Crippen molar-refractivity contribution >= 4 is 23.4 Å². The fourth-order valence-electron chi connectivity index (χ4n) is 2.98. The number of nitrogens with one attached hydrogen (secondary N) is 1. The number of hydrogen-bond donors (Lipinski definition) is 1. The molecule has 1 N–H and O–H groups in total. The van der Waals surface area contributed by atoms with E-state index in [0.29, 0.717) is 13.1 Å². The summed E-state index contributed by atoms with van der Waals surface area (Å²) in [7, 11) is 0. The molecule has 0 bridgehead atoms. The van der Waals surface area contributed by atoms with Gasteiger partial charge in [0.25, 0.3) is 0 Å². The standard InChI is InChI=1S/C17H24ClN3O2/c1-12(19-14(3)22)17(23)21-10-8-20(9-11-21)13(2)15-6-4-5-7-16(15)18/h4-7,12-13H,8-11H2,1-3H3,(H,19,22). The lowest BCUT2D eigenvalue weighted by Gasteiger charge is -2.39. The average Bonchev–Trinajstić information content (AvgIpc) is 2.53. The van der Waals surface area contributed by atoms with Crippen molar-refractivity contribution in [3.63, 3.8) is 0 Å². The number of carbonyl (C=O) groups is 2. The van der Waals surface area contributed by atoms with Crippen LogP contribution in [-0.2, 0) is 9.59 Å². The van der Waals surface area contributed by atoms with Crippen LogP contribution in [0.5, 0.6) is 0 Å². The Morgan fingerprint density at radius 1 is 1.13 bits per heavy atom. The first-order valence-electron chi connectivity index (χ1n) is 7.94. The summed E-state index contributed by atoms with van der Waals surface area (Å²) in [5.41, 5.74) is 1.11. The predicted octanol–water partition coefficient (Wildman–Crippen LogP) is 2.07. The molecule has 0 aliphatic carbocycles. The van der Waals surface area contributed by atoms with Gasteiger partial charge in [0.15, 0.2) is 0 Å². The van der Waals surface area contributed by atoms with E-state index in [1.54, 1.807) is 6.92 Å². The minimum Gasteiger partial charge on any atom is -0.345 e. The molecule has 2 amide bonds. The van der Waals surface area contributed by atoms with Crippen molar-refractivity contribution in [2.75, 3.05) is 26.2 Å². The highest BCUT2D eigenvalue weighted by atomic mass is 35.5. The number of carbonyl (C=O) groups excluding carboxylic acids is 2. The van der Waals surface area contributed by atoms with Crippen molar-refractivity contribution in [2.45, 2.75) is 32.9 Å². The SMILES string of the molecule is CC(=O)NC(C)C(=O)N1CCN(C(C)c2ccccc2Cl)CC1. The number of benzene rings is 1. The van der Waals surface area contributed by atoms with Gasteiger partial charge in [-0.3, -0.25) is 14.5 Å². The molecule has 1 aromatic rings. The predicted molar refractivity (Wildman–Crippen MR) is 91.3 cm³/mol. The zero-order valence-electron chi connectivity index (χ0n) is 13.9. The lowest BCUT2D eigenvalue weighted by Crippen LogP contribution is -2.54. The molecule has 2 atom stereocenters. The van der Waals surface area contributed by atoms with E-state index in [0.717, 1.165) is 23.7 Å². The van der Waals surface area contributed by atoms with E-state index in [9.17, 15) is 9.59 Å². The van der Waals surface area contributed by atoms with Gasteiger partial charge < -0.3 is 10.2 Å². The lowest BCUT2D eigenvalue weighted by atomic mass is 10.1. The summed E-state index contributed by atoms with van der Waals surface area (Å²) < 4.78 is 0. The summed E-state index contributed by atoms with van der Waals surface area (Å²) in [5, 5.41) is 3.42. The van der Waals surface area contributed by atoms with Gasteiger partial charge in [-0.15, -0.1) is 0 Å². The summed E-state index contributed by atoms with van der Waals surface area (Å²) in [5.74, 6) is -0.206. The number of hydrogen-bond acceptors (Lipinski definition) is 3. The van der Waals surface area contributed by atoms with Crippen LogP contribution in [0, 0.1) is 0 Å². The van der Waals surface area contributed by atoms with E-state index >= 15 is 0 Å². The van der Waals surface area contributed by atoms with Crippen molar-refractivity contribution in [1.29, 1.82) is 0 Å². The third-order valence-electron chi connectivity index (χ3n) is 4.32. The summed E-state index contributed by atoms with van der Waals surface area (Å²) in [4.78, 5) is 27.5. The summed E-state index contributed by atoms with van der Waals surface area (Å²) in [6.45, 7) is 8.21. The number of rotatable bonds is 4. The fourth-order valence-corrected chi connectivity index (χ4v) is 3.27. The van der Waals surface area contributed by atoms with E-state index < -0.39 is 6.04 Å². The first-order valence-corrected chi connectivity index (χ1v) is 8.32. The Bertz CT molecular complexity index is 571. The zero-order valence-corrected chi connectivity index (χ0v) is 14.6. The molecule has 0 saturated carbocycles. The molecule has 6 heteroatoms. The molecule has 2 rings (SSSR count). The van der Waals surface area contributed by atoms with E-state index in [2.05, 4.69) is 17.1 Å². The third-order valence-corrected chi connectivity index (χ3v) is 4.66. The molecule has 1 heterocycles. The van der Waals surface area contributed by atoms with Gasteiger partial charge in [-0.1, -0.05) is 29.8 Å². The maximum atomic E-state index is 12.3. The Kier molecular flexibility index (Phi) is 6.02. The largest absolute Gasteiger partial charge is 0.345 e. The highest BCUT2D eigenvalue weighted by Crippen LogP contribution is 2.27. The molecule has 1 aliphatic rings. The minimum atomic E-state index is -0.472. The highest BCUT2D eigenvalue weighted by Gasteiger charge is 2.28. The smallest absolute Gasteiger partial charge is 0.244 e. The molecule has 2 unspecified atom stereocenters. The number of halogens is 1. The Morgan fingerprint density at radius 3 is 2.30 bits per heavy atom. The number of piperazine rings is 1. The van der Waals surface area contributed by atoms with Crippen LogP contribution in [0.3, 0.4) is 0 Å². The van der Waals surface area contributed by atoms with E-state index in [1.165, 1.54) is 6.92 Å². The molecule has 0 radical (unpaired) electrons. The van der Waals surface area contributed by atoms with Crippen LogP contribution < -0.4 is 5.32 Å². The second kappa shape index (κ2) is 7.79. The molecule has 1 fully saturated rings. The van der Waals surface area contributed by atoms with Crippen molar-refractivity contribution < 1.29 is 9.59 Å². The first-order chi connectivity index (χ1) is 10.9. The van der Waals surface area contributed by atoms with Gasteiger partial charge in [-0.2, -0.15) is 0 Å². The zero-order chi connectivity index (χ0) is 17.0. The Hall–Kier alpha value is -1.59. The van der Waals surface area contributed by atoms with Gasteiger partial charge in [0.05, 0.1) is 0 Å². The fraction of sp³-hybridized carbons (Fsp3) is 0.529. The lowest BCUT2D eigenvalue weighted by molar-refractivity contribution is -0.137. The van der Waals surface area contributed by atoms with Gasteiger partial charge in [0.2, 0.25) is 11.8 Å². The Balaban J connectivity index is 1.92. The maximum Gasteiger partial charge on any atom is 0.244 e. The topological polar surface area (TPSA) is 52.7 Å². The van der Waals surface area contributed by atoms with Crippen LogP contribution in [0.2, 0.25) is 5.02 Å². The molecular weight excluding hydrogens is 314 g/mol. The molecular formula is C17H24ClN3O2. The Labute approximate surface area is 142 Å². The summed E-state index contributed by atoms with van der Waals surface area (Å²) >= 11 is 6.28. The van der Waals surface area contributed by atoms with Crippen molar-refractivity contribution in [2.24, 2.45) is 0 Å². The van der Waals surface area contributed by atoms with Crippen molar-refractivity contribution in [3.8, 4) is 0 Å². The minimum absolute atomic E-state index is 0.0229. The molecule has 1 aromatic carbocycles. The van der Waals surface area contributed by atoms with Crippen LogP contribution in [0.15, 0.2) is 24.3 Å². The van der Waals surface area contributed by atoms with E-state index in [1.807, 2.05) is 29.2 Å². The third kappa shape index (κ3) is 4.45. The van der Waals surface area contributed by atoms with E-state index in [4.69, 9.17) is 11.6 Å². The first kappa shape index (κ1) is 17.8. The average molecular weight is 338 g/mol. The van der Waals surface area contributed by atoms with Gasteiger partial charge in [-0.25, -0.2) is 0 Å². The summed E-state index contributed by atoms with van der Waals surface area (Å²) in [6, 6.07) is 7.62. The van der Waals surface area contributed by atoms with Crippen LogP contribution in [-0.4, -0.2) is 53.8 Å². The molecule has 5 nitrogen and oxygen atoms in total. The van der Waals surface area contributed by atoms with Crippen LogP contribution in [0.25, 0.3) is 0 Å². The molecule has 126 valence electrons. The van der Waals surface area contributed by atoms with Gasteiger partial charge in [0, 0.05) is 44.2 Å². The monoisotopic (exact) mass is 337 g/mol. The quantitative estimate of drug-likeness (QED) is 0.915. The van der Waals surface area contributed by atoms with Gasteiger partial charge in [-0.05, 0) is 25.5 Å². The molecule has 0 spiro atoms. The van der Waals surface area contributed by atoms with Crippen molar-refractivity contribution in [1.82, 2.24) is 15.1 Å². The molecule has 1 aliphatic heterocycles. The second-order valence-corrected chi connectivity index (χ2v) is 6.39. The van der Waals surface area contributed by atoms with Crippen LogP contribution in [0.1, 0.15) is 32.4 Å². The van der Waals surface area contributed by atoms with Gasteiger partial charge >= 0.3 is 0 Å².